The predicted molar refractivity (Wildman–Crippen MR) is 61.0 cm³/mol. The molecule has 1 nitrogen and oxygen atoms in total. The van der Waals surface area contributed by atoms with E-state index in [1.165, 1.54) is 31.4 Å². The molecule has 1 heteroatoms. The Morgan fingerprint density at radius 3 is 2.54 bits per heavy atom. The summed E-state index contributed by atoms with van der Waals surface area (Å²) in [5.41, 5.74) is 1.25. The van der Waals surface area contributed by atoms with E-state index in [2.05, 4.69) is 39.3 Å². The van der Waals surface area contributed by atoms with Crippen LogP contribution in [-0.2, 0) is 0 Å². The van der Waals surface area contributed by atoms with Crippen molar-refractivity contribution in [3.8, 4) is 0 Å². The van der Waals surface area contributed by atoms with Gasteiger partial charge in [0.2, 0.25) is 0 Å². The molecule has 0 aromatic rings. The van der Waals surface area contributed by atoms with Crippen LogP contribution in [0.4, 0.5) is 0 Å². The third-order valence-corrected chi connectivity index (χ3v) is 2.21. The van der Waals surface area contributed by atoms with Gasteiger partial charge in [0.25, 0.3) is 0 Å². The molecule has 0 aromatic carbocycles. The number of hydrogen-bond donors (Lipinski definition) is 0. The van der Waals surface area contributed by atoms with E-state index in [4.69, 9.17) is 0 Å². The number of hydrogen-bond acceptors (Lipinski definition) is 1. The fraction of sp³-hybridized carbons (Fsp3) is 0.833. The van der Waals surface area contributed by atoms with Gasteiger partial charge in [-0.15, -0.1) is 0 Å². The summed E-state index contributed by atoms with van der Waals surface area (Å²) >= 11 is 0. The minimum absolute atomic E-state index is 0.823. The van der Waals surface area contributed by atoms with Crippen LogP contribution in [0.5, 0.6) is 0 Å². The van der Waals surface area contributed by atoms with Crippen molar-refractivity contribution in [3.05, 3.63) is 12.2 Å². The highest BCUT2D eigenvalue weighted by molar-refractivity contribution is 4.91. The maximum absolute atomic E-state index is 3.92. The van der Waals surface area contributed by atoms with Gasteiger partial charge in [0.1, 0.15) is 0 Å². The lowest BCUT2D eigenvalue weighted by atomic mass is 10.0. The van der Waals surface area contributed by atoms with Crippen molar-refractivity contribution < 1.29 is 0 Å². The highest BCUT2D eigenvalue weighted by atomic mass is 15.1. The third-order valence-electron chi connectivity index (χ3n) is 2.21. The summed E-state index contributed by atoms with van der Waals surface area (Å²) in [5, 5.41) is 0. The summed E-state index contributed by atoms with van der Waals surface area (Å²) in [5.74, 6) is 0.823. The first-order chi connectivity index (χ1) is 6.06. The molecule has 0 aliphatic heterocycles. The molecular weight excluding hydrogens is 158 g/mol. The Morgan fingerprint density at radius 2 is 2.08 bits per heavy atom. The smallest absolute Gasteiger partial charge is 0.0184 e. The summed E-state index contributed by atoms with van der Waals surface area (Å²) < 4.78 is 0. The average Bonchev–Trinajstić information content (AvgIpc) is 1.98. The van der Waals surface area contributed by atoms with Crippen LogP contribution in [-0.4, -0.2) is 25.0 Å². The van der Waals surface area contributed by atoms with Crippen LogP contribution < -0.4 is 0 Å². The highest BCUT2D eigenvalue weighted by Crippen LogP contribution is 2.09. The van der Waals surface area contributed by atoms with Crippen molar-refractivity contribution in [1.29, 1.82) is 0 Å². The van der Waals surface area contributed by atoms with Gasteiger partial charge in [0.05, 0.1) is 0 Å². The summed E-state index contributed by atoms with van der Waals surface area (Å²) in [6.07, 6.45) is 4.04. The van der Waals surface area contributed by atoms with Gasteiger partial charge >= 0.3 is 0 Å². The lowest BCUT2D eigenvalue weighted by molar-refractivity contribution is 0.294. The molecule has 78 valence electrons. The third kappa shape index (κ3) is 8.04. The summed E-state index contributed by atoms with van der Waals surface area (Å²) in [6.45, 7) is 12.8. The van der Waals surface area contributed by atoms with Crippen LogP contribution in [0.25, 0.3) is 0 Å². The molecule has 0 rings (SSSR count). The molecule has 1 unspecified atom stereocenters. The fourth-order valence-corrected chi connectivity index (χ4v) is 1.70. The minimum Gasteiger partial charge on any atom is -0.302 e. The summed E-state index contributed by atoms with van der Waals surface area (Å²) in [7, 11) is 2.18. The molecule has 0 aliphatic carbocycles. The lowest BCUT2D eigenvalue weighted by Gasteiger charge is -2.21. The van der Waals surface area contributed by atoms with Crippen molar-refractivity contribution in [2.24, 2.45) is 5.92 Å². The van der Waals surface area contributed by atoms with Crippen LogP contribution >= 0.6 is 0 Å². The SMILES string of the molecule is C=C(C)CN(C)CC(C)CCCC. The molecule has 0 radical (unpaired) electrons. The molecular formula is C12H25N. The van der Waals surface area contributed by atoms with Crippen LogP contribution in [0.15, 0.2) is 12.2 Å². The van der Waals surface area contributed by atoms with Crippen LogP contribution in [0, 0.1) is 5.92 Å². The second kappa shape index (κ2) is 7.14. The summed E-state index contributed by atoms with van der Waals surface area (Å²) in [4.78, 5) is 2.36. The van der Waals surface area contributed by atoms with E-state index in [9.17, 15) is 0 Å². The maximum atomic E-state index is 3.92. The minimum atomic E-state index is 0.823. The number of unbranched alkanes of at least 4 members (excludes halogenated alkanes) is 1. The number of likely N-dealkylation sites (N-methyl/N-ethyl adjacent to an activating group) is 1. The molecule has 0 saturated heterocycles. The van der Waals surface area contributed by atoms with Crippen LogP contribution in [0.3, 0.4) is 0 Å². The Hall–Kier alpha value is -0.300. The first kappa shape index (κ1) is 12.7. The molecule has 0 aliphatic rings. The van der Waals surface area contributed by atoms with Gasteiger partial charge in [-0.2, -0.15) is 0 Å². The van der Waals surface area contributed by atoms with E-state index >= 15 is 0 Å². The van der Waals surface area contributed by atoms with Gasteiger partial charge in [-0.3, -0.25) is 0 Å². The second-order valence-corrected chi connectivity index (χ2v) is 4.40. The van der Waals surface area contributed by atoms with Gasteiger partial charge in [0.15, 0.2) is 0 Å². The lowest BCUT2D eigenvalue weighted by Crippen LogP contribution is -2.25. The zero-order valence-corrected chi connectivity index (χ0v) is 9.77. The molecule has 0 amide bonds. The van der Waals surface area contributed by atoms with Crippen molar-refractivity contribution in [2.45, 2.75) is 40.0 Å². The molecule has 0 fully saturated rings. The Balaban J connectivity index is 3.52. The van der Waals surface area contributed by atoms with Crippen molar-refractivity contribution in [1.82, 2.24) is 4.90 Å². The predicted octanol–water partition coefficient (Wildman–Crippen LogP) is 3.32. The average molecular weight is 183 g/mol. The van der Waals surface area contributed by atoms with Crippen molar-refractivity contribution in [2.75, 3.05) is 20.1 Å². The molecule has 0 bridgehead atoms. The van der Waals surface area contributed by atoms with Gasteiger partial charge in [0, 0.05) is 13.1 Å². The zero-order valence-electron chi connectivity index (χ0n) is 9.77. The number of nitrogens with zero attached hydrogens (tertiary/aromatic N) is 1. The Bertz CT molecular complexity index is 140. The second-order valence-electron chi connectivity index (χ2n) is 4.40. The van der Waals surface area contributed by atoms with Crippen LogP contribution in [0.2, 0.25) is 0 Å². The van der Waals surface area contributed by atoms with E-state index in [1.807, 2.05) is 0 Å². The molecule has 0 heterocycles. The topological polar surface area (TPSA) is 3.24 Å². The Morgan fingerprint density at radius 1 is 1.46 bits per heavy atom. The molecule has 0 aromatic heterocycles. The van der Waals surface area contributed by atoms with Crippen molar-refractivity contribution in [3.63, 3.8) is 0 Å². The quantitative estimate of drug-likeness (QED) is 0.547. The Kier molecular flexibility index (Phi) is 6.97. The van der Waals surface area contributed by atoms with E-state index in [-0.39, 0.29) is 0 Å². The standard InChI is InChI=1S/C12H25N/c1-6-7-8-12(4)10-13(5)9-11(2)3/h12H,2,6-10H2,1,3-5H3. The molecule has 0 N–H and O–H groups in total. The maximum Gasteiger partial charge on any atom is 0.0184 e. The van der Waals surface area contributed by atoms with Crippen LogP contribution in [0.1, 0.15) is 40.0 Å². The van der Waals surface area contributed by atoms with E-state index in [0.29, 0.717) is 0 Å². The van der Waals surface area contributed by atoms with Gasteiger partial charge < -0.3 is 4.90 Å². The molecule has 0 saturated carbocycles. The molecule has 0 spiro atoms. The van der Waals surface area contributed by atoms with Gasteiger partial charge in [-0.05, 0) is 26.3 Å². The van der Waals surface area contributed by atoms with Gasteiger partial charge in [-0.1, -0.05) is 38.8 Å². The number of rotatable bonds is 7. The largest absolute Gasteiger partial charge is 0.302 e. The van der Waals surface area contributed by atoms with Crippen molar-refractivity contribution >= 4 is 0 Å². The monoisotopic (exact) mass is 183 g/mol. The zero-order chi connectivity index (χ0) is 10.3. The fourth-order valence-electron chi connectivity index (χ4n) is 1.70. The first-order valence-electron chi connectivity index (χ1n) is 5.39. The normalized spacial score (nSPS) is 13.3. The highest BCUT2D eigenvalue weighted by Gasteiger charge is 2.05. The summed E-state index contributed by atoms with van der Waals surface area (Å²) in [6, 6.07) is 0. The molecule has 13 heavy (non-hydrogen) atoms. The first-order valence-corrected chi connectivity index (χ1v) is 5.39. The van der Waals surface area contributed by atoms with E-state index in [0.717, 1.165) is 12.5 Å². The van der Waals surface area contributed by atoms with Gasteiger partial charge in [-0.25, -0.2) is 0 Å². The Labute approximate surface area is 83.8 Å². The molecule has 1 atom stereocenters. The van der Waals surface area contributed by atoms with E-state index < -0.39 is 0 Å². The van der Waals surface area contributed by atoms with E-state index in [1.54, 1.807) is 0 Å².